The van der Waals surface area contributed by atoms with E-state index >= 15 is 0 Å². The molecule has 1 aliphatic rings. The molecule has 0 radical (unpaired) electrons. The highest BCUT2D eigenvalue weighted by molar-refractivity contribution is 9.10. The van der Waals surface area contributed by atoms with Gasteiger partial charge in [-0.15, -0.1) is 0 Å². The van der Waals surface area contributed by atoms with Crippen LogP contribution in [0.15, 0.2) is 27.6 Å². The second kappa shape index (κ2) is 6.45. The Balaban J connectivity index is 2.29. The van der Waals surface area contributed by atoms with E-state index in [0.29, 0.717) is 24.8 Å². The Morgan fingerprint density at radius 3 is 2.85 bits per heavy atom. The normalized spacial score (nSPS) is 20.2. The fourth-order valence-electron chi connectivity index (χ4n) is 2.65. The first-order valence-electron chi connectivity index (χ1n) is 6.82. The maximum absolute atomic E-state index is 12.7. The van der Waals surface area contributed by atoms with Crippen molar-refractivity contribution < 1.29 is 13.2 Å². The predicted octanol–water partition coefficient (Wildman–Crippen LogP) is 3.27. The van der Waals surface area contributed by atoms with Crippen LogP contribution in [0.4, 0.5) is 0 Å². The Kier molecular flexibility index (Phi) is 5.09. The Hall–Kier alpha value is -0.590. The third-order valence-corrected chi connectivity index (χ3v) is 6.07. The molecule has 0 saturated carbocycles. The summed E-state index contributed by atoms with van der Waals surface area (Å²) in [4.78, 5) is 0.242. The maximum atomic E-state index is 12.7. The van der Waals surface area contributed by atoms with Crippen molar-refractivity contribution in [3.05, 3.63) is 22.7 Å². The fourth-order valence-corrected chi connectivity index (χ4v) is 4.88. The number of hydrogen-bond acceptors (Lipinski definition) is 3. The minimum atomic E-state index is -3.48. The number of nitrogens with zero attached hydrogens (tertiary/aromatic N) is 1. The van der Waals surface area contributed by atoms with Crippen LogP contribution in [-0.2, 0) is 10.0 Å². The number of sulfonamides is 1. The second-order valence-corrected chi connectivity index (χ2v) is 7.92. The van der Waals surface area contributed by atoms with Gasteiger partial charge in [-0.2, -0.15) is 4.31 Å². The van der Waals surface area contributed by atoms with Crippen LogP contribution in [-0.4, -0.2) is 32.9 Å². The molecule has 0 spiro atoms. The Morgan fingerprint density at radius 2 is 2.20 bits per heavy atom. The molecule has 1 atom stereocenters. The molecular weight excluding hydrogens is 342 g/mol. The zero-order valence-corrected chi connectivity index (χ0v) is 14.2. The summed E-state index contributed by atoms with van der Waals surface area (Å²) >= 11 is 3.32. The van der Waals surface area contributed by atoms with Crippen LogP contribution in [0.5, 0.6) is 5.75 Å². The first-order chi connectivity index (χ1) is 9.48. The molecular formula is C14H20BrNO3S. The van der Waals surface area contributed by atoms with Crippen LogP contribution in [0, 0.1) is 5.92 Å². The lowest BCUT2D eigenvalue weighted by atomic mass is 10.0. The van der Waals surface area contributed by atoms with E-state index < -0.39 is 10.0 Å². The van der Waals surface area contributed by atoms with Crippen molar-refractivity contribution in [1.82, 2.24) is 4.31 Å². The van der Waals surface area contributed by atoms with Gasteiger partial charge in [-0.1, -0.05) is 29.3 Å². The largest absolute Gasteiger partial charge is 0.495 e. The first kappa shape index (κ1) is 15.8. The minimum Gasteiger partial charge on any atom is -0.495 e. The van der Waals surface area contributed by atoms with Crippen molar-refractivity contribution in [3.8, 4) is 5.75 Å². The van der Waals surface area contributed by atoms with Gasteiger partial charge >= 0.3 is 0 Å². The number of ether oxygens (including phenoxy) is 1. The Morgan fingerprint density at radius 1 is 1.45 bits per heavy atom. The van der Waals surface area contributed by atoms with Crippen LogP contribution in [0.2, 0.25) is 0 Å². The van der Waals surface area contributed by atoms with E-state index in [1.807, 2.05) is 0 Å². The average molecular weight is 362 g/mol. The third kappa shape index (κ3) is 3.18. The van der Waals surface area contributed by atoms with E-state index in [1.54, 1.807) is 22.5 Å². The molecule has 20 heavy (non-hydrogen) atoms. The summed E-state index contributed by atoms with van der Waals surface area (Å²) in [6, 6.07) is 5.07. The van der Waals surface area contributed by atoms with Gasteiger partial charge in [0.1, 0.15) is 10.6 Å². The van der Waals surface area contributed by atoms with Gasteiger partial charge in [-0.3, -0.25) is 0 Å². The lowest BCUT2D eigenvalue weighted by molar-refractivity contribution is 0.396. The molecule has 112 valence electrons. The SMILES string of the molecule is CCCC1CCN(S(=O)(=O)c2cc(Br)ccc2OC)C1. The Bertz CT molecular complexity index is 574. The number of methoxy groups -OCH3 is 1. The quantitative estimate of drug-likeness (QED) is 0.808. The number of halogens is 1. The molecule has 0 amide bonds. The Labute approximate surface area is 129 Å². The van der Waals surface area contributed by atoms with Crippen LogP contribution >= 0.6 is 15.9 Å². The van der Waals surface area contributed by atoms with Gasteiger partial charge in [0.05, 0.1) is 7.11 Å². The summed E-state index contributed by atoms with van der Waals surface area (Å²) in [5, 5.41) is 0. The van der Waals surface area contributed by atoms with Crippen LogP contribution < -0.4 is 4.74 Å². The molecule has 6 heteroatoms. The molecule has 1 aromatic carbocycles. The van der Waals surface area contributed by atoms with E-state index in [9.17, 15) is 8.42 Å². The fraction of sp³-hybridized carbons (Fsp3) is 0.571. The topological polar surface area (TPSA) is 46.6 Å². The second-order valence-electron chi connectivity index (χ2n) is 5.10. The highest BCUT2D eigenvalue weighted by Crippen LogP contribution is 2.33. The molecule has 0 N–H and O–H groups in total. The molecule has 1 saturated heterocycles. The van der Waals surface area contributed by atoms with Gasteiger partial charge in [-0.05, 0) is 37.0 Å². The molecule has 2 rings (SSSR count). The highest BCUT2D eigenvalue weighted by Gasteiger charge is 2.33. The van der Waals surface area contributed by atoms with Crippen molar-refractivity contribution in [2.24, 2.45) is 5.92 Å². The summed E-state index contributed by atoms with van der Waals surface area (Å²) < 4.78 is 33.0. The maximum Gasteiger partial charge on any atom is 0.246 e. The highest BCUT2D eigenvalue weighted by atomic mass is 79.9. The monoisotopic (exact) mass is 361 g/mol. The molecule has 1 aliphatic heterocycles. The van der Waals surface area contributed by atoms with Gasteiger partial charge in [-0.25, -0.2) is 8.42 Å². The molecule has 0 bridgehead atoms. The van der Waals surface area contributed by atoms with E-state index in [-0.39, 0.29) is 4.90 Å². The zero-order valence-electron chi connectivity index (χ0n) is 11.8. The smallest absolute Gasteiger partial charge is 0.246 e. The molecule has 0 aromatic heterocycles. The van der Waals surface area contributed by atoms with Gasteiger partial charge in [0.2, 0.25) is 10.0 Å². The lowest BCUT2D eigenvalue weighted by Crippen LogP contribution is -2.29. The van der Waals surface area contributed by atoms with Gasteiger partial charge < -0.3 is 4.74 Å². The summed E-state index contributed by atoms with van der Waals surface area (Å²) in [6.07, 6.45) is 3.13. The van der Waals surface area contributed by atoms with Gasteiger partial charge in [0.15, 0.2) is 0 Å². The molecule has 1 aromatic rings. The van der Waals surface area contributed by atoms with Crippen LogP contribution in [0.1, 0.15) is 26.2 Å². The van der Waals surface area contributed by atoms with E-state index in [2.05, 4.69) is 22.9 Å². The molecule has 1 heterocycles. The summed E-state index contributed by atoms with van der Waals surface area (Å²) in [5.41, 5.74) is 0. The summed E-state index contributed by atoms with van der Waals surface area (Å²) in [6.45, 7) is 3.35. The molecule has 4 nitrogen and oxygen atoms in total. The van der Waals surface area contributed by atoms with Gasteiger partial charge in [0.25, 0.3) is 0 Å². The van der Waals surface area contributed by atoms with Crippen molar-refractivity contribution in [1.29, 1.82) is 0 Å². The first-order valence-corrected chi connectivity index (χ1v) is 9.06. The van der Waals surface area contributed by atoms with Crippen molar-refractivity contribution >= 4 is 26.0 Å². The summed E-state index contributed by atoms with van der Waals surface area (Å²) in [7, 11) is -1.98. The van der Waals surface area contributed by atoms with Crippen LogP contribution in [0.25, 0.3) is 0 Å². The van der Waals surface area contributed by atoms with Crippen molar-refractivity contribution in [2.45, 2.75) is 31.1 Å². The third-order valence-electron chi connectivity index (χ3n) is 3.69. The molecule has 1 unspecified atom stereocenters. The predicted molar refractivity (Wildman–Crippen MR) is 82.5 cm³/mol. The average Bonchev–Trinajstić information content (AvgIpc) is 2.88. The minimum absolute atomic E-state index is 0.242. The molecule has 0 aliphatic carbocycles. The van der Waals surface area contributed by atoms with Crippen LogP contribution in [0.3, 0.4) is 0 Å². The summed E-state index contributed by atoms with van der Waals surface area (Å²) in [5.74, 6) is 0.875. The zero-order chi connectivity index (χ0) is 14.8. The van der Waals surface area contributed by atoms with E-state index in [4.69, 9.17) is 4.74 Å². The number of rotatable bonds is 5. The van der Waals surface area contributed by atoms with E-state index in [0.717, 1.165) is 23.7 Å². The number of hydrogen-bond donors (Lipinski definition) is 0. The van der Waals surface area contributed by atoms with E-state index in [1.165, 1.54) is 7.11 Å². The van der Waals surface area contributed by atoms with Gasteiger partial charge in [0, 0.05) is 17.6 Å². The number of benzene rings is 1. The lowest BCUT2D eigenvalue weighted by Gasteiger charge is -2.18. The van der Waals surface area contributed by atoms with Crippen molar-refractivity contribution in [2.75, 3.05) is 20.2 Å². The standard InChI is InChI=1S/C14H20BrNO3S/c1-3-4-11-7-8-16(10-11)20(17,18)14-9-12(15)5-6-13(14)19-2/h5-6,9,11H,3-4,7-8,10H2,1-2H3. The van der Waals surface area contributed by atoms with Crippen molar-refractivity contribution in [3.63, 3.8) is 0 Å². The molecule has 1 fully saturated rings.